The molecular formula is C8H4BrNO3S. The number of halogens is 1. The monoisotopic (exact) mass is 273 g/mol. The highest BCUT2D eigenvalue weighted by atomic mass is 79.9. The summed E-state index contributed by atoms with van der Waals surface area (Å²) in [6.07, 6.45) is 0. The molecule has 0 fully saturated rings. The SMILES string of the molecule is O=[N+]([O-])c1cc2c(O)c(Br)ccc2s1. The van der Waals surface area contributed by atoms with Crippen LogP contribution in [0.1, 0.15) is 0 Å². The van der Waals surface area contributed by atoms with E-state index in [9.17, 15) is 15.2 Å². The Balaban J connectivity index is 2.77. The third-order valence-electron chi connectivity index (χ3n) is 1.79. The standard InChI is InChI=1S/C8H4BrNO3S/c9-5-1-2-6-4(8(5)11)3-7(14-6)10(12)13/h1-3,11H. The van der Waals surface area contributed by atoms with Crippen LogP contribution in [0.2, 0.25) is 0 Å². The summed E-state index contributed by atoms with van der Waals surface area (Å²) in [6.45, 7) is 0. The molecule has 0 atom stereocenters. The highest BCUT2D eigenvalue weighted by Gasteiger charge is 2.14. The van der Waals surface area contributed by atoms with Crippen LogP contribution in [-0.2, 0) is 0 Å². The van der Waals surface area contributed by atoms with Gasteiger partial charge in [0, 0.05) is 16.2 Å². The summed E-state index contributed by atoms with van der Waals surface area (Å²) in [7, 11) is 0. The number of thiophene rings is 1. The quantitative estimate of drug-likeness (QED) is 0.641. The van der Waals surface area contributed by atoms with Gasteiger partial charge in [0.1, 0.15) is 5.75 Å². The second-order valence-electron chi connectivity index (χ2n) is 2.65. The van der Waals surface area contributed by atoms with E-state index in [0.717, 1.165) is 11.3 Å². The third-order valence-corrected chi connectivity index (χ3v) is 3.48. The minimum absolute atomic E-state index is 0.0356. The zero-order valence-electron chi connectivity index (χ0n) is 6.73. The molecule has 1 N–H and O–H groups in total. The molecule has 0 aliphatic carbocycles. The van der Waals surface area contributed by atoms with Crippen molar-refractivity contribution in [2.45, 2.75) is 0 Å². The van der Waals surface area contributed by atoms with Crippen molar-refractivity contribution in [1.29, 1.82) is 0 Å². The van der Waals surface area contributed by atoms with Crippen molar-refractivity contribution < 1.29 is 10.0 Å². The number of hydrogen-bond donors (Lipinski definition) is 1. The minimum atomic E-state index is -0.460. The number of phenolic OH excluding ortho intramolecular Hbond substituents is 1. The van der Waals surface area contributed by atoms with Gasteiger partial charge in [0.25, 0.3) is 0 Å². The van der Waals surface area contributed by atoms with Crippen molar-refractivity contribution in [3.05, 3.63) is 32.8 Å². The number of fused-ring (bicyclic) bond motifs is 1. The van der Waals surface area contributed by atoms with Crippen LogP contribution in [0, 0.1) is 10.1 Å². The summed E-state index contributed by atoms with van der Waals surface area (Å²) in [5.74, 6) is 0.0480. The molecule has 0 saturated heterocycles. The number of rotatable bonds is 1. The van der Waals surface area contributed by atoms with Gasteiger partial charge in [0.15, 0.2) is 0 Å². The molecule has 0 bridgehead atoms. The third kappa shape index (κ3) is 1.36. The van der Waals surface area contributed by atoms with Gasteiger partial charge in [0.2, 0.25) is 0 Å². The fourth-order valence-electron chi connectivity index (χ4n) is 1.15. The van der Waals surface area contributed by atoms with E-state index < -0.39 is 4.92 Å². The smallest absolute Gasteiger partial charge is 0.325 e. The van der Waals surface area contributed by atoms with E-state index in [1.807, 2.05) is 0 Å². The summed E-state index contributed by atoms with van der Waals surface area (Å²) in [4.78, 5) is 10.0. The zero-order valence-corrected chi connectivity index (χ0v) is 9.13. The Morgan fingerprint density at radius 1 is 1.50 bits per heavy atom. The van der Waals surface area contributed by atoms with Crippen molar-refractivity contribution in [2.24, 2.45) is 0 Å². The molecule has 1 heterocycles. The lowest BCUT2D eigenvalue weighted by molar-refractivity contribution is -0.380. The minimum Gasteiger partial charge on any atom is -0.506 e. The first kappa shape index (κ1) is 9.42. The van der Waals surface area contributed by atoms with E-state index in [1.165, 1.54) is 6.07 Å². The number of benzene rings is 1. The topological polar surface area (TPSA) is 63.4 Å². The average Bonchev–Trinajstić information content (AvgIpc) is 2.56. The van der Waals surface area contributed by atoms with Gasteiger partial charge in [-0.1, -0.05) is 11.3 Å². The van der Waals surface area contributed by atoms with Crippen LogP contribution in [0.5, 0.6) is 5.75 Å². The summed E-state index contributed by atoms with van der Waals surface area (Å²) in [5, 5.41) is 20.6. The van der Waals surface area contributed by atoms with Crippen molar-refractivity contribution in [1.82, 2.24) is 0 Å². The van der Waals surface area contributed by atoms with Gasteiger partial charge in [-0.25, -0.2) is 0 Å². The van der Waals surface area contributed by atoms with Crippen LogP contribution < -0.4 is 0 Å². The summed E-state index contributed by atoms with van der Waals surface area (Å²) < 4.78 is 1.25. The molecule has 2 aromatic rings. The Kier molecular flexibility index (Phi) is 2.16. The molecule has 0 aliphatic rings. The lowest BCUT2D eigenvalue weighted by Gasteiger charge is -1.95. The summed E-state index contributed by atoms with van der Waals surface area (Å²) in [5.41, 5.74) is 0. The largest absolute Gasteiger partial charge is 0.506 e. The Bertz CT molecular complexity index is 523. The van der Waals surface area contributed by atoms with Gasteiger partial charge in [-0.15, -0.1) is 0 Å². The predicted molar refractivity (Wildman–Crippen MR) is 57.8 cm³/mol. The molecule has 0 amide bonds. The van der Waals surface area contributed by atoms with E-state index >= 15 is 0 Å². The highest BCUT2D eigenvalue weighted by Crippen LogP contribution is 2.39. The fourth-order valence-corrected chi connectivity index (χ4v) is 2.37. The van der Waals surface area contributed by atoms with E-state index in [1.54, 1.807) is 12.1 Å². The van der Waals surface area contributed by atoms with Gasteiger partial charge < -0.3 is 5.11 Å². The van der Waals surface area contributed by atoms with E-state index in [0.29, 0.717) is 14.6 Å². The molecule has 14 heavy (non-hydrogen) atoms. The molecule has 0 unspecified atom stereocenters. The van der Waals surface area contributed by atoms with E-state index in [2.05, 4.69) is 15.9 Å². The molecule has 4 nitrogen and oxygen atoms in total. The molecule has 1 aromatic carbocycles. The molecule has 0 spiro atoms. The first-order valence-electron chi connectivity index (χ1n) is 3.65. The first-order valence-corrected chi connectivity index (χ1v) is 5.26. The Labute approximate surface area is 91.1 Å². The first-order chi connectivity index (χ1) is 6.59. The second-order valence-corrected chi connectivity index (χ2v) is 4.57. The summed E-state index contributed by atoms with van der Waals surface area (Å²) in [6, 6.07) is 4.77. The fraction of sp³-hybridized carbons (Fsp3) is 0. The Hall–Kier alpha value is -1.14. The van der Waals surface area contributed by atoms with Gasteiger partial charge >= 0.3 is 5.00 Å². The van der Waals surface area contributed by atoms with Gasteiger partial charge in [-0.2, -0.15) is 0 Å². The molecule has 0 aliphatic heterocycles. The van der Waals surface area contributed by atoms with Crippen LogP contribution in [0.4, 0.5) is 5.00 Å². The molecular weight excluding hydrogens is 270 g/mol. The molecule has 72 valence electrons. The van der Waals surface area contributed by atoms with Crippen molar-refractivity contribution in [3.8, 4) is 5.75 Å². The van der Waals surface area contributed by atoms with Gasteiger partial charge in [-0.05, 0) is 28.1 Å². The highest BCUT2D eigenvalue weighted by molar-refractivity contribution is 9.10. The predicted octanol–water partition coefficient (Wildman–Crippen LogP) is 3.28. The van der Waals surface area contributed by atoms with Crippen molar-refractivity contribution in [3.63, 3.8) is 0 Å². The molecule has 2 rings (SSSR count). The zero-order chi connectivity index (χ0) is 10.3. The van der Waals surface area contributed by atoms with Gasteiger partial charge in [-0.3, -0.25) is 10.1 Å². The van der Waals surface area contributed by atoms with Crippen LogP contribution in [0.25, 0.3) is 10.1 Å². The number of nitro groups is 1. The maximum absolute atomic E-state index is 10.5. The Morgan fingerprint density at radius 2 is 2.21 bits per heavy atom. The maximum atomic E-state index is 10.5. The number of hydrogen-bond acceptors (Lipinski definition) is 4. The maximum Gasteiger partial charge on any atom is 0.325 e. The molecule has 0 radical (unpaired) electrons. The Morgan fingerprint density at radius 3 is 2.86 bits per heavy atom. The lowest BCUT2D eigenvalue weighted by atomic mass is 10.2. The van der Waals surface area contributed by atoms with Gasteiger partial charge in [0.05, 0.1) is 9.40 Å². The molecule has 0 saturated carbocycles. The number of aromatic hydroxyl groups is 1. The molecule has 6 heteroatoms. The summed E-state index contributed by atoms with van der Waals surface area (Å²) >= 11 is 4.20. The van der Waals surface area contributed by atoms with Crippen LogP contribution in [-0.4, -0.2) is 10.0 Å². The number of nitrogens with zero attached hydrogens (tertiary/aromatic N) is 1. The van der Waals surface area contributed by atoms with E-state index in [4.69, 9.17) is 0 Å². The number of phenols is 1. The molecule has 1 aromatic heterocycles. The van der Waals surface area contributed by atoms with Crippen molar-refractivity contribution >= 4 is 42.4 Å². The van der Waals surface area contributed by atoms with Crippen LogP contribution >= 0.6 is 27.3 Å². The van der Waals surface area contributed by atoms with Crippen LogP contribution in [0.15, 0.2) is 22.7 Å². The van der Waals surface area contributed by atoms with Crippen LogP contribution in [0.3, 0.4) is 0 Å². The van der Waals surface area contributed by atoms with E-state index in [-0.39, 0.29) is 10.8 Å². The second kappa shape index (κ2) is 3.21. The normalized spacial score (nSPS) is 10.6. The lowest BCUT2D eigenvalue weighted by Crippen LogP contribution is -1.80. The van der Waals surface area contributed by atoms with Crippen molar-refractivity contribution in [2.75, 3.05) is 0 Å². The average molecular weight is 274 g/mol.